The Kier molecular flexibility index (Phi) is 7.55. The molecule has 0 aliphatic carbocycles. The van der Waals surface area contributed by atoms with E-state index >= 15 is 0 Å². The minimum Gasteiger partial charge on any atom is -0.497 e. The average Bonchev–Trinajstić information content (AvgIpc) is 2.90. The molecule has 1 heterocycles. The van der Waals surface area contributed by atoms with Gasteiger partial charge in [0.15, 0.2) is 11.6 Å². The minimum atomic E-state index is -0.377. The van der Waals surface area contributed by atoms with Gasteiger partial charge in [-0.2, -0.15) is 0 Å². The zero-order valence-electron chi connectivity index (χ0n) is 21.5. The van der Waals surface area contributed by atoms with Crippen molar-refractivity contribution in [1.82, 2.24) is 5.32 Å². The highest BCUT2D eigenvalue weighted by atomic mass is 19.1. The molecule has 36 heavy (non-hydrogen) atoms. The molecule has 3 aromatic rings. The zero-order valence-corrected chi connectivity index (χ0v) is 21.5. The van der Waals surface area contributed by atoms with Gasteiger partial charge >= 0.3 is 0 Å². The largest absolute Gasteiger partial charge is 0.497 e. The van der Waals surface area contributed by atoms with Crippen LogP contribution >= 0.6 is 0 Å². The molecule has 1 N–H and O–H groups in total. The average molecular weight is 490 g/mol. The van der Waals surface area contributed by atoms with Gasteiger partial charge in [-0.3, -0.25) is 9.59 Å². The molecule has 0 radical (unpaired) electrons. The summed E-state index contributed by atoms with van der Waals surface area (Å²) < 4.78 is 25.9. The van der Waals surface area contributed by atoms with Crippen molar-refractivity contribution in [2.24, 2.45) is 5.92 Å². The quantitative estimate of drug-likeness (QED) is 0.422. The molecule has 5 nitrogen and oxygen atoms in total. The first-order valence-electron chi connectivity index (χ1n) is 12.2. The van der Waals surface area contributed by atoms with Crippen molar-refractivity contribution >= 4 is 11.6 Å². The van der Waals surface area contributed by atoms with Gasteiger partial charge in [-0.1, -0.05) is 24.3 Å². The predicted molar refractivity (Wildman–Crippen MR) is 139 cm³/mol. The lowest BCUT2D eigenvalue weighted by Crippen LogP contribution is -2.35. The van der Waals surface area contributed by atoms with E-state index in [4.69, 9.17) is 9.47 Å². The van der Waals surface area contributed by atoms with Gasteiger partial charge in [-0.15, -0.1) is 0 Å². The maximum atomic E-state index is 14.7. The van der Waals surface area contributed by atoms with Crippen molar-refractivity contribution in [3.8, 4) is 22.6 Å². The van der Waals surface area contributed by atoms with E-state index in [-0.39, 0.29) is 23.3 Å². The van der Waals surface area contributed by atoms with Crippen LogP contribution in [0.5, 0.6) is 11.5 Å². The molecular formula is C30H32FNO4. The summed E-state index contributed by atoms with van der Waals surface area (Å²) in [7, 11) is 3.06. The van der Waals surface area contributed by atoms with Crippen LogP contribution in [0.25, 0.3) is 11.1 Å². The first-order valence-corrected chi connectivity index (χ1v) is 12.2. The molecule has 3 aromatic carbocycles. The number of halogens is 1. The van der Waals surface area contributed by atoms with E-state index in [0.29, 0.717) is 62.6 Å². The number of ketones is 2. The number of hydrogen-bond donors (Lipinski definition) is 1. The molecular weight excluding hydrogens is 457 g/mol. The number of piperidine rings is 1. The van der Waals surface area contributed by atoms with Crippen molar-refractivity contribution in [2.75, 3.05) is 27.3 Å². The Labute approximate surface area is 211 Å². The number of hydrogen-bond acceptors (Lipinski definition) is 5. The molecule has 4 rings (SSSR count). The summed E-state index contributed by atoms with van der Waals surface area (Å²) in [4.78, 5) is 27.9. The number of benzene rings is 3. The van der Waals surface area contributed by atoms with Crippen molar-refractivity contribution in [3.05, 3.63) is 81.7 Å². The Morgan fingerprint density at radius 2 is 1.69 bits per heavy atom. The summed E-state index contributed by atoms with van der Waals surface area (Å²) in [5.41, 5.74) is 3.96. The Balaban J connectivity index is 2.05. The standard InChI is InChI=1S/C30H32FNO4/c1-17-23(12-7-13-24(17)31)27-26(28(33)20-9-6-11-22(15-20)35-4)18(2)25(19(3)30(27)36-5)29(34)21-10-8-14-32-16-21/h6-7,9,11-13,15,21,32H,8,10,14,16H2,1-5H3/t21-/m0/s1. The second kappa shape index (κ2) is 10.6. The number of methoxy groups -OCH3 is 2. The third-order valence-electron chi connectivity index (χ3n) is 7.16. The normalized spacial score (nSPS) is 15.4. The van der Waals surface area contributed by atoms with Crippen LogP contribution in [0.2, 0.25) is 0 Å². The Bertz CT molecular complexity index is 1330. The number of rotatable bonds is 7. The molecule has 0 saturated carbocycles. The van der Waals surface area contributed by atoms with Crippen LogP contribution in [-0.2, 0) is 0 Å². The summed E-state index contributed by atoms with van der Waals surface area (Å²) in [6, 6.07) is 11.7. The number of nitrogens with one attached hydrogen (secondary N) is 1. The highest BCUT2D eigenvalue weighted by Gasteiger charge is 2.32. The van der Waals surface area contributed by atoms with Crippen molar-refractivity contribution in [2.45, 2.75) is 33.6 Å². The molecule has 0 spiro atoms. The third-order valence-corrected chi connectivity index (χ3v) is 7.16. The van der Waals surface area contributed by atoms with Gasteiger partial charge in [0.25, 0.3) is 0 Å². The van der Waals surface area contributed by atoms with Gasteiger partial charge in [0.1, 0.15) is 17.3 Å². The summed E-state index contributed by atoms with van der Waals surface area (Å²) in [6.45, 7) is 6.82. The van der Waals surface area contributed by atoms with Gasteiger partial charge in [0, 0.05) is 40.3 Å². The van der Waals surface area contributed by atoms with E-state index in [2.05, 4.69) is 5.32 Å². The molecule has 0 amide bonds. The highest BCUT2D eigenvalue weighted by molar-refractivity contribution is 6.17. The van der Waals surface area contributed by atoms with Crippen molar-refractivity contribution in [1.29, 1.82) is 0 Å². The van der Waals surface area contributed by atoms with Gasteiger partial charge in [-0.25, -0.2) is 4.39 Å². The molecule has 1 aliphatic heterocycles. The van der Waals surface area contributed by atoms with E-state index in [0.717, 1.165) is 19.4 Å². The lowest BCUT2D eigenvalue weighted by atomic mass is 9.79. The van der Waals surface area contributed by atoms with Crippen LogP contribution in [0, 0.1) is 32.5 Å². The fourth-order valence-corrected chi connectivity index (χ4v) is 5.24. The lowest BCUT2D eigenvalue weighted by Gasteiger charge is -2.27. The molecule has 1 aliphatic rings. The molecule has 6 heteroatoms. The fraction of sp³-hybridized carbons (Fsp3) is 0.333. The van der Waals surface area contributed by atoms with Crippen LogP contribution in [-0.4, -0.2) is 38.9 Å². The van der Waals surface area contributed by atoms with Gasteiger partial charge < -0.3 is 14.8 Å². The van der Waals surface area contributed by atoms with Crippen LogP contribution in [0.1, 0.15) is 55.8 Å². The molecule has 0 bridgehead atoms. The maximum absolute atomic E-state index is 14.7. The third kappa shape index (κ3) is 4.53. The highest BCUT2D eigenvalue weighted by Crippen LogP contribution is 2.44. The first-order chi connectivity index (χ1) is 17.3. The smallest absolute Gasteiger partial charge is 0.194 e. The van der Waals surface area contributed by atoms with Crippen LogP contribution < -0.4 is 14.8 Å². The van der Waals surface area contributed by atoms with E-state index in [9.17, 15) is 14.0 Å². The lowest BCUT2D eigenvalue weighted by molar-refractivity contribution is 0.0898. The van der Waals surface area contributed by atoms with Gasteiger partial charge in [-0.05, 0) is 75.0 Å². The van der Waals surface area contributed by atoms with E-state index in [1.165, 1.54) is 13.2 Å². The molecule has 188 valence electrons. The zero-order chi connectivity index (χ0) is 26.0. The number of carbonyl (C=O) groups excluding carboxylic acids is 2. The first kappa shape index (κ1) is 25.6. The topological polar surface area (TPSA) is 64.6 Å². The molecule has 1 saturated heterocycles. The van der Waals surface area contributed by atoms with Crippen LogP contribution in [0.4, 0.5) is 4.39 Å². The van der Waals surface area contributed by atoms with Crippen LogP contribution in [0.3, 0.4) is 0 Å². The summed E-state index contributed by atoms with van der Waals surface area (Å²) in [6.07, 6.45) is 1.71. The van der Waals surface area contributed by atoms with E-state index < -0.39 is 0 Å². The Morgan fingerprint density at radius 1 is 0.944 bits per heavy atom. The summed E-state index contributed by atoms with van der Waals surface area (Å²) >= 11 is 0. The van der Waals surface area contributed by atoms with Gasteiger partial charge in [0.2, 0.25) is 0 Å². The summed E-state index contributed by atoms with van der Waals surface area (Å²) in [5, 5.41) is 3.31. The Hall–Kier alpha value is -3.51. The SMILES string of the molecule is COc1cccc(C(=O)c2c(C)c(C(=O)[C@H]3CCCNC3)c(C)c(OC)c2-c2cccc(F)c2C)c1. The van der Waals surface area contributed by atoms with E-state index in [1.54, 1.807) is 50.4 Å². The number of carbonyl (C=O) groups is 2. The molecule has 0 unspecified atom stereocenters. The minimum absolute atomic E-state index is 0.00212. The molecule has 1 fully saturated rings. The molecule has 1 atom stereocenters. The summed E-state index contributed by atoms with van der Waals surface area (Å²) in [5.74, 6) is 0.121. The Morgan fingerprint density at radius 3 is 2.36 bits per heavy atom. The van der Waals surface area contributed by atoms with Crippen LogP contribution in [0.15, 0.2) is 42.5 Å². The number of Topliss-reactive ketones (excluding diaryl/α,β-unsaturated/α-hetero) is 1. The maximum Gasteiger partial charge on any atom is 0.194 e. The molecule has 0 aromatic heterocycles. The number of ether oxygens (including phenoxy) is 2. The second-order valence-corrected chi connectivity index (χ2v) is 9.29. The van der Waals surface area contributed by atoms with Crippen molar-refractivity contribution in [3.63, 3.8) is 0 Å². The predicted octanol–water partition coefficient (Wildman–Crippen LogP) is 5.85. The fourth-order valence-electron chi connectivity index (χ4n) is 5.24. The van der Waals surface area contributed by atoms with E-state index in [1.807, 2.05) is 13.8 Å². The van der Waals surface area contributed by atoms with Crippen molar-refractivity contribution < 1.29 is 23.5 Å². The monoisotopic (exact) mass is 489 g/mol. The van der Waals surface area contributed by atoms with Gasteiger partial charge in [0.05, 0.1) is 14.2 Å². The second-order valence-electron chi connectivity index (χ2n) is 9.29.